The third-order valence-electron chi connectivity index (χ3n) is 3.74. The van der Waals surface area contributed by atoms with Gasteiger partial charge in [0.05, 0.1) is 19.5 Å². The Hall–Kier alpha value is -2.83. The molecule has 0 saturated heterocycles. The summed E-state index contributed by atoms with van der Waals surface area (Å²) in [6, 6.07) is 6.59. The number of carbonyl (C=O) groups is 1. The minimum Gasteiger partial charge on any atom is -0.490 e. The molecule has 0 bridgehead atoms. The lowest BCUT2D eigenvalue weighted by molar-refractivity contribution is 0.0951. The minimum absolute atomic E-state index is 0.120. The van der Waals surface area contributed by atoms with E-state index in [-0.39, 0.29) is 11.5 Å². The molecule has 1 N–H and O–H groups in total. The number of aryl methyl sites for hydroxylation is 1. The number of aromatic nitrogens is 2. The van der Waals surface area contributed by atoms with Crippen molar-refractivity contribution >= 4 is 5.91 Å². The van der Waals surface area contributed by atoms with Crippen LogP contribution in [0.15, 0.2) is 35.4 Å². The summed E-state index contributed by atoms with van der Waals surface area (Å²) in [4.78, 5) is 28.5. The standard InChI is InChI=1S/C19H25N3O4/c1-4-15-12-18(23)22(13-21-15)10-9-20-19(24)14-7-8-16(25-5-2)17(11-14)26-6-3/h7-8,11-13H,4-6,9-10H2,1-3H3,(H,20,24). The van der Waals surface area contributed by atoms with E-state index >= 15 is 0 Å². The van der Waals surface area contributed by atoms with Crippen LogP contribution in [0, 0.1) is 0 Å². The van der Waals surface area contributed by atoms with Crippen LogP contribution >= 0.6 is 0 Å². The Bertz CT molecular complexity index is 802. The first-order valence-electron chi connectivity index (χ1n) is 8.82. The number of nitrogens with zero attached hydrogens (tertiary/aromatic N) is 2. The number of amides is 1. The molecule has 1 aromatic heterocycles. The average molecular weight is 359 g/mol. The van der Waals surface area contributed by atoms with Gasteiger partial charge in [0.1, 0.15) is 0 Å². The average Bonchev–Trinajstić information content (AvgIpc) is 2.64. The Morgan fingerprint density at radius 1 is 1.12 bits per heavy atom. The summed E-state index contributed by atoms with van der Waals surface area (Å²) in [5.74, 6) is 0.914. The normalized spacial score (nSPS) is 10.4. The third-order valence-corrected chi connectivity index (χ3v) is 3.74. The molecule has 1 aromatic carbocycles. The van der Waals surface area contributed by atoms with Crippen LogP contribution in [0.3, 0.4) is 0 Å². The van der Waals surface area contributed by atoms with Crippen LogP contribution in [0.25, 0.3) is 0 Å². The number of nitrogens with one attached hydrogen (secondary N) is 1. The van der Waals surface area contributed by atoms with Crippen molar-refractivity contribution in [2.75, 3.05) is 19.8 Å². The molecule has 2 aromatic rings. The van der Waals surface area contributed by atoms with Crippen molar-refractivity contribution in [3.63, 3.8) is 0 Å². The quantitative estimate of drug-likeness (QED) is 0.741. The predicted molar refractivity (Wildman–Crippen MR) is 99.0 cm³/mol. The highest BCUT2D eigenvalue weighted by molar-refractivity contribution is 5.94. The van der Waals surface area contributed by atoms with E-state index in [1.54, 1.807) is 18.2 Å². The fourth-order valence-corrected chi connectivity index (χ4v) is 2.41. The Kier molecular flexibility index (Phi) is 7.20. The molecule has 0 radical (unpaired) electrons. The van der Waals surface area contributed by atoms with Crippen molar-refractivity contribution in [2.24, 2.45) is 0 Å². The number of hydrogen-bond acceptors (Lipinski definition) is 5. The summed E-state index contributed by atoms with van der Waals surface area (Å²) in [5, 5.41) is 2.80. The summed E-state index contributed by atoms with van der Waals surface area (Å²) in [7, 11) is 0. The Labute approximate surface area is 153 Å². The van der Waals surface area contributed by atoms with E-state index in [9.17, 15) is 9.59 Å². The molecule has 2 rings (SSSR count). The van der Waals surface area contributed by atoms with Gasteiger partial charge in [-0.25, -0.2) is 4.98 Å². The second kappa shape index (κ2) is 9.60. The van der Waals surface area contributed by atoms with Crippen molar-refractivity contribution < 1.29 is 14.3 Å². The summed E-state index contributed by atoms with van der Waals surface area (Å²) in [6.07, 6.45) is 2.23. The van der Waals surface area contributed by atoms with Gasteiger partial charge in [-0.3, -0.25) is 14.2 Å². The van der Waals surface area contributed by atoms with Gasteiger partial charge in [-0.15, -0.1) is 0 Å². The molecule has 1 heterocycles. The van der Waals surface area contributed by atoms with E-state index in [4.69, 9.17) is 9.47 Å². The fraction of sp³-hybridized carbons (Fsp3) is 0.421. The van der Waals surface area contributed by atoms with Crippen molar-refractivity contribution in [3.8, 4) is 11.5 Å². The Morgan fingerprint density at radius 3 is 2.50 bits per heavy atom. The van der Waals surface area contributed by atoms with Gasteiger partial charge in [-0.2, -0.15) is 0 Å². The van der Waals surface area contributed by atoms with Crippen molar-refractivity contribution in [2.45, 2.75) is 33.7 Å². The van der Waals surface area contributed by atoms with Gasteiger partial charge >= 0.3 is 0 Å². The Morgan fingerprint density at radius 2 is 1.85 bits per heavy atom. The lowest BCUT2D eigenvalue weighted by Crippen LogP contribution is -2.31. The molecule has 0 unspecified atom stereocenters. The van der Waals surface area contributed by atoms with Crippen LogP contribution in [0.1, 0.15) is 36.8 Å². The number of hydrogen-bond donors (Lipinski definition) is 1. The zero-order valence-electron chi connectivity index (χ0n) is 15.4. The first-order valence-corrected chi connectivity index (χ1v) is 8.82. The number of carbonyl (C=O) groups excluding carboxylic acids is 1. The maximum absolute atomic E-state index is 12.3. The molecule has 0 spiro atoms. The van der Waals surface area contributed by atoms with Gasteiger partial charge in [0.15, 0.2) is 11.5 Å². The molecular formula is C19H25N3O4. The number of benzene rings is 1. The molecule has 0 aliphatic heterocycles. The van der Waals surface area contributed by atoms with Crippen LogP contribution in [-0.4, -0.2) is 35.2 Å². The van der Waals surface area contributed by atoms with Gasteiger partial charge in [0, 0.05) is 30.4 Å². The van der Waals surface area contributed by atoms with Crippen molar-refractivity contribution in [3.05, 3.63) is 52.2 Å². The molecule has 0 saturated carbocycles. The van der Waals surface area contributed by atoms with Crippen LogP contribution in [-0.2, 0) is 13.0 Å². The summed E-state index contributed by atoms with van der Waals surface area (Å²) < 4.78 is 12.5. The molecule has 0 fully saturated rings. The molecule has 1 amide bonds. The molecule has 7 nitrogen and oxygen atoms in total. The van der Waals surface area contributed by atoms with E-state index in [0.717, 1.165) is 5.69 Å². The summed E-state index contributed by atoms with van der Waals surface area (Å²) >= 11 is 0. The van der Waals surface area contributed by atoms with Crippen LogP contribution in [0.4, 0.5) is 0 Å². The van der Waals surface area contributed by atoms with Crippen LogP contribution < -0.4 is 20.3 Å². The zero-order chi connectivity index (χ0) is 18.9. The van der Waals surface area contributed by atoms with Crippen LogP contribution in [0.5, 0.6) is 11.5 Å². The zero-order valence-corrected chi connectivity index (χ0v) is 15.4. The summed E-state index contributed by atoms with van der Waals surface area (Å²) in [6.45, 7) is 7.39. The first kappa shape index (κ1) is 19.5. The second-order valence-electron chi connectivity index (χ2n) is 5.55. The monoisotopic (exact) mass is 359 g/mol. The van der Waals surface area contributed by atoms with E-state index in [2.05, 4.69) is 10.3 Å². The van der Waals surface area contributed by atoms with Gasteiger partial charge in [0.2, 0.25) is 0 Å². The fourth-order valence-electron chi connectivity index (χ4n) is 2.41. The highest BCUT2D eigenvalue weighted by Crippen LogP contribution is 2.28. The highest BCUT2D eigenvalue weighted by Gasteiger charge is 2.11. The lowest BCUT2D eigenvalue weighted by Gasteiger charge is -2.12. The van der Waals surface area contributed by atoms with Crippen molar-refractivity contribution in [1.29, 1.82) is 0 Å². The molecule has 7 heteroatoms. The van der Waals surface area contributed by atoms with Gasteiger partial charge in [-0.1, -0.05) is 6.92 Å². The predicted octanol–water partition coefficient (Wildman–Crippen LogP) is 2.03. The maximum Gasteiger partial charge on any atom is 0.253 e. The number of ether oxygens (including phenoxy) is 2. The summed E-state index contributed by atoms with van der Waals surface area (Å²) in [5.41, 5.74) is 1.11. The third kappa shape index (κ3) is 5.08. The van der Waals surface area contributed by atoms with Crippen molar-refractivity contribution in [1.82, 2.24) is 14.9 Å². The van der Waals surface area contributed by atoms with E-state index in [1.807, 2.05) is 20.8 Å². The number of rotatable bonds is 9. The van der Waals surface area contributed by atoms with Crippen LogP contribution in [0.2, 0.25) is 0 Å². The molecule has 26 heavy (non-hydrogen) atoms. The second-order valence-corrected chi connectivity index (χ2v) is 5.55. The molecule has 0 aliphatic carbocycles. The highest BCUT2D eigenvalue weighted by atomic mass is 16.5. The Balaban J connectivity index is 1.99. The molecule has 0 aliphatic rings. The van der Waals surface area contributed by atoms with Gasteiger partial charge in [0.25, 0.3) is 11.5 Å². The molecular weight excluding hydrogens is 334 g/mol. The molecule has 0 atom stereocenters. The van der Waals surface area contributed by atoms with E-state index in [1.165, 1.54) is 17.0 Å². The smallest absolute Gasteiger partial charge is 0.253 e. The lowest BCUT2D eigenvalue weighted by atomic mass is 10.2. The first-order chi connectivity index (χ1) is 12.6. The van der Waals surface area contributed by atoms with E-state index in [0.29, 0.717) is 49.8 Å². The SMILES string of the molecule is CCOc1ccc(C(=O)NCCn2cnc(CC)cc2=O)cc1OCC. The topological polar surface area (TPSA) is 82.5 Å². The van der Waals surface area contributed by atoms with Gasteiger partial charge in [-0.05, 0) is 38.5 Å². The maximum atomic E-state index is 12.3. The molecule has 140 valence electrons. The largest absolute Gasteiger partial charge is 0.490 e. The van der Waals surface area contributed by atoms with Gasteiger partial charge < -0.3 is 14.8 Å². The van der Waals surface area contributed by atoms with E-state index < -0.39 is 0 Å². The minimum atomic E-state index is -0.236.